The van der Waals surface area contributed by atoms with E-state index in [0.29, 0.717) is 5.56 Å². The molecule has 1 radical (unpaired) electrons. The maximum Gasteiger partial charge on any atom is 0.0992 e. The van der Waals surface area contributed by atoms with Crippen LogP contribution in [0.4, 0.5) is 0 Å². The number of hydrogen-bond donors (Lipinski definition) is 0. The van der Waals surface area contributed by atoms with Crippen LogP contribution in [0.1, 0.15) is 5.56 Å². The predicted octanol–water partition coefficient (Wildman–Crippen LogP) is 2.57. The van der Waals surface area contributed by atoms with Gasteiger partial charge < -0.3 is 0 Å². The Hall–Kier alpha value is 0.170. The van der Waals surface area contributed by atoms with Crippen molar-refractivity contribution in [1.29, 1.82) is 5.26 Å². The van der Waals surface area contributed by atoms with E-state index in [1.165, 1.54) is 0 Å². The molecule has 0 N–H and O–H groups in total. The van der Waals surface area contributed by atoms with Crippen LogP contribution in [0.25, 0.3) is 0 Å². The summed E-state index contributed by atoms with van der Waals surface area (Å²) in [5.74, 6) is 0. The zero-order chi connectivity index (χ0) is 7.56. The van der Waals surface area contributed by atoms with Crippen molar-refractivity contribution in [3.05, 3.63) is 30.9 Å². The fourth-order valence-corrected chi connectivity index (χ4v) is 2.33. The first-order valence-electron chi connectivity index (χ1n) is 2.51. The Morgan fingerprint density at radius 3 is 2.20 bits per heavy atom. The molecule has 0 aliphatic heterocycles. The summed E-state index contributed by atoms with van der Waals surface area (Å²) >= 11 is 4.29. The molecule has 0 saturated carbocycles. The Labute approximate surface area is 86.7 Å². The van der Waals surface area contributed by atoms with Crippen molar-refractivity contribution in [1.82, 2.24) is 0 Å². The van der Waals surface area contributed by atoms with Gasteiger partial charge >= 0.3 is 0 Å². The second kappa shape index (κ2) is 3.53. The number of nitrogens with zero attached hydrogens (tertiary/aromatic N) is 1. The van der Waals surface area contributed by atoms with E-state index >= 15 is 0 Å². The molecule has 0 fully saturated rings. The molecule has 0 saturated heterocycles. The molecule has 0 heterocycles. The van der Waals surface area contributed by atoms with Crippen LogP contribution >= 0.6 is 45.2 Å². The van der Waals surface area contributed by atoms with Crippen LogP contribution < -0.4 is 0 Å². The van der Waals surface area contributed by atoms with Gasteiger partial charge in [-0.3, -0.25) is 0 Å². The highest BCUT2D eigenvalue weighted by atomic mass is 127. The first kappa shape index (κ1) is 8.27. The lowest BCUT2D eigenvalue weighted by Crippen LogP contribution is -1.79. The van der Waals surface area contributed by atoms with E-state index in [1.807, 2.05) is 12.1 Å². The van der Waals surface area contributed by atoms with Crippen molar-refractivity contribution in [2.75, 3.05) is 0 Å². The average Bonchev–Trinajstić information content (AvgIpc) is 1.85. The minimum Gasteiger partial charge on any atom is -0.192 e. The Kier molecular flexibility index (Phi) is 2.92. The van der Waals surface area contributed by atoms with Gasteiger partial charge in [0.05, 0.1) is 11.6 Å². The topological polar surface area (TPSA) is 23.8 Å². The summed E-state index contributed by atoms with van der Waals surface area (Å²) in [6.45, 7) is 0. The van der Waals surface area contributed by atoms with Crippen molar-refractivity contribution in [3.8, 4) is 6.07 Å². The van der Waals surface area contributed by atoms with E-state index in [0.717, 1.165) is 7.14 Å². The van der Waals surface area contributed by atoms with E-state index in [-0.39, 0.29) is 0 Å². The van der Waals surface area contributed by atoms with E-state index in [2.05, 4.69) is 57.3 Å². The van der Waals surface area contributed by atoms with Gasteiger partial charge in [0.25, 0.3) is 0 Å². The molecular weight excluding hydrogens is 352 g/mol. The van der Waals surface area contributed by atoms with Crippen LogP contribution in [-0.4, -0.2) is 0 Å². The molecule has 0 unspecified atom stereocenters. The Morgan fingerprint density at radius 2 is 1.80 bits per heavy atom. The third-order valence-electron chi connectivity index (χ3n) is 0.932. The largest absolute Gasteiger partial charge is 0.192 e. The van der Waals surface area contributed by atoms with Crippen molar-refractivity contribution in [3.63, 3.8) is 0 Å². The van der Waals surface area contributed by atoms with E-state index in [4.69, 9.17) is 5.26 Å². The lowest BCUT2D eigenvalue weighted by molar-refractivity contribution is 1.45. The van der Waals surface area contributed by atoms with Gasteiger partial charge in [0.1, 0.15) is 0 Å². The predicted molar refractivity (Wildman–Crippen MR) is 55.4 cm³/mol. The highest BCUT2D eigenvalue weighted by Crippen LogP contribution is 2.12. The third kappa shape index (κ3) is 2.09. The molecule has 0 aliphatic rings. The fraction of sp³-hybridized carbons (Fsp3) is 0. The van der Waals surface area contributed by atoms with Crippen molar-refractivity contribution < 1.29 is 0 Å². The lowest BCUT2D eigenvalue weighted by atomic mass is 10.2. The van der Waals surface area contributed by atoms with Crippen LogP contribution in [0.15, 0.2) is 12.1 Å². The van der Waals surface area contributed by atoms with Crippen LogP contribution in [-0.2, 0) is 0 Å². The summed E-state index contributed by atoms with van der Waals surface area (Å²) in [6.07, 6.45) is 0. The standard InChI is InChI=1S/C7H2I2N/c8-6-1-5(4-10)2-7(9)3-6/h1-2H. The summed E-state index contributed by atoms with van der Waals surface area (Å²) in [7, 11) is 0. The molecule has 0 atom stereocenters. The summed E-state index contributed by atoms with van der Waals surface area (Å²) in [5, 5.41) is 8.52. The number of rotatable bonds is 0. The molecule has 1 aromatic carbocycles. The normalized spacial score (nSPS) is 8.90. The van der Waals surface area contributed by atoms with Crippen molar-refractivity contribution >= 4 is 45.2 Å². The first-order valence-corrected chi connectivity index (χ1v) is 4.66. The van der Waals surface area contributed by atoms with Crippen LogP contribution in [0, 0.1) is 24.5 Å². The number of hydrogen-bond acceptors (Lipinski definition) is 1. The summed E-state index contributed by atoms with van der Waals surface area (Å²) in [6, 6.07) is 8.76. The van der Waals surface area contributed by atoms with Gasteiger partial charge in [0, 0.05) is 13.2 Å². The SMILES string of the molecule is N#Cc1cc(I)[c]c(I)c1. The van der Waals surface area contributed by atoms with Crippen molar-refractivity contribution in [2.24, 2.45) is 0 Å². The number of nitriles is 1. The zero-order valence-electron chi connectivity index (χ0n) is 4.86. The quantitative estimate of drug-likeness (QED) is 0.658. The Morgan fingerprint density at radius 1 is 1.30 bits per heavy atom. The molecule has 49 valence electrons. The number of halogens is 2. The Balaban J connectivity index is 3.22. The van der Waals surface area contributed by atoms with Gasteiger partial charge in [-0.15, -0.1) is 0 Å². The van der Waals surface area contributed by atoms with Crippen LogP contribution in [0.3, 0.4) is 0 Å². The van der Waals surface area contributed by atoms with Gasteiger partial charge in [-0.25, -0.2) is 0 Å². The Bertz CT molecular complexity index is 268. The average molecular weight is 354 g/mol. The van der Waals surface area contributed by atoms with Gasteiger partial charge in [0.15, 0.2) is 0 Å². The highest BCUT2D eigenvalue weighted by molar-refractivity contribution is 14.1. The molecular formula is C7H2I2N. The molecule has 1 nitrogen and oxygen atoms in total. The molecule has 0 aliphatic carbocycles. The maximum atomic E-state index is 8.52. The van der Waals surface area contributed by atoms with E-state index < -0.39 is 0 Å². The monoisotopic (exact) mass is 354 g/mol. The minimum atomic E-state index is 0.701. The summed E-state index contributed by atoms with van der Waals surface area (Å²) in [4.78, 5) is 0. The highest BCUT2D eigenvalue weighted by Gasteiger charge is 1.94. The summed E-state index contributed by atoms with van der Waals surface area (Å²) < 4.78 is 1.97. The van der Waals surface area contributed by atoms with Crippen LogP contribution in [0.2, 0.25) is 0 Å². The smallest absolute Gasteiger partial charge is 0.0992 e. The molecule has 0 spiro atoms. The first-order chi connectivity index (χ1) is 4.72. The minimum absolute atomic E-state index is 0.701. The lowest BCUT2D eigenvalue weighted by Gasteiger charge is -1.91. The summed E-state index contributed by atoms with van der Waals surface area (Å²) in [5.41, 5.74) is 0.701. The molecule has 0 amide bonds. The van der Waals surface area contributed by atoms with Crippen molar-refractivity contribution in [2.45, 2.75) is 0 Å². The van der Waals surface area contributed by atoms with Gasteiger partial charge in [-0.1, -0.05) is 0 Å². The van der Waals surface area contributed by atoms with E-state index in [1.54, 1.807) is 0 Å². The van der Waals surface area contributed by atoms with Gasteiger partial charge in [-0.05, 0) is 57.3 Å². The molecule has 1 aromatic rings. The fourth-order valence-electron chi connectivity index (χ4n) is 0.566. The molecule has 0 aromatic heterocycles. The molecule has 10 heavy (non-hydrogen) atoms. The van der Waals surface area contributed by atoms with E-state index in [9.17, 15) is 0 Å². The third-order valence-corrected chi connectivity index (χ3v) is 2.09. The molecule has 1 rings (SSSR count). The van der Waals surface area contributed by atoms with Gasteiger partial charge in [-0.2, -0.15) is 5.26 Å². The molecule has 3 heteroatoms. The second-order valence-electron chi connectivity index (χ2n) is 1.68. The van der Waals surface area contributed by atoms with Crippen LogP contribution in [0.5, 0.6) is 0 Å². The maximum absolute atomic E-state index is 8.52. The molecule has 0 bridgehead atoms. The zero-order valence-corrected chi connectivity index (χ0v) is 9.17. The second-order valence-corrected chi connectivity index (χ2v) is 4.00. The number of benzene rings is 1. The van der Waals surface area contributed by atoms with Gasteiger partial charge in [0.2, 0.25) is 0 Å².